The van der Waals surface area contributed by atoms with Gasteiger partial charge >= 0.3 is 0 Å². The molecular weight excluding hydrogens is 234 g/mol. The Morgan fingerprint density at radius 2 is 2.06 bits per heavy atom. The summed E-state index contributed by atoms with van der Waals surface area (Å²) >= 11 is 0. The van der Waals surface area contributed by atoms with Crippen LogP contribution in [0.1, 0.15) is 23.7 Å². The zero-order chi connectivity index (χ0) is 13.5. The molecule has 0 bridgehead atoms. The summed E-state index contributed by atoms with van der Waals surface area (Å²) in [5.74, 6) is -0.536. The lowest BCUT2D eigenvalue weighted by atomic mass is 10.2. The lowest BCUT2D eigenvalue weighted by molar-refractivity contribution is -0.121. The molecule has 0 atom stereocenters. The fraction of sp³-hybridized carbons (Fsp3) is 0.417. The van der Waals surface area contributed by atoms with Crippen molar-refractivity contribution in [3.05, 3.63) is 34.2 Å². The number of rotatable bonds is 5. The zero-order valence-electron chi connectivity index (χ0n) is 10.5. The first-order valence-electron chi connectivity index (χ1n) is 5.77. The molecule has 0 radical (unpaired) electrons. The molecule has 0 aromatic carbocycles. The molecule has 2 amide bonds. The summed E-state index contributed by atoms with van der Waals surface area (Å²) in [5, 5.41) is 5.13. The number of hydrogen-bond acceptors (Lipinski definition) is 3. The molecule has 0 spiro atoms. The summed E-state index contributed by atoms with van der Waals surface area (Å²) in [4.78, 5) is 34.5. The van der Waals surface area contributed by atoms with E-state index >= 15 is 0 Å². The minimum Gasteiger partial charge on any atom is -0.355 e. The quantitative estimate of drug-likeness (QED) is 0.756. The maximum atomic E-state index is 11.5. The van der Waals surface area contributed by atoms with Gasteiger partial charge in [-0.25, -0.2) is 0 Å². The Labute approximate surface area is 105 Å². The van der Waals surface area contributed by atoms with Crippen LogP contribution in [0.25, 0.3) is 0 Å². The average Bonchev–Trinajstić information content (AvgIpc) is 2.38. The van der Waals surface area contributed by atoms with Gasteiger partial charge < -0.3 is 15.2 Å². The van der Waals surface area contributed by atoms with Crippen molar-refractivity contribution < 1.29 is 9.59 Å². The molecule has 0 aliphatic carbocycles. The summed E-state index contributed by atoms with van der Waals surface area (Å²) < 4.78 is 1.22. The summed E-state index contributed by atoms with van der Waals surface area (Å²) in [6.45, 7) is 2.44. The van der Waals surface area contributed by atoms with E-state index < -0.39 is 0 Å². The molecule has 6 nitrogen and oxygen atoms in total. The fourth-order valence-corrected chi connectivity index (χ4v) is 1.41. The third-order valence-electron chi connectivity index (χ3n) is 2.36. The van der Waals surface area contributed by atoms with Crippen LogP contribution in [0, 0.1) is 0 Å². The number of pyridine rings is 1. The second-order valence-corrected chi connectivity index (χ2v) is 3.81. The number of carbonyl (C=O) groups excluding carboxylic acids is 2. The molecule has 0 saturated heterocycles. The molecule has 0 unspecified atom stereocenters. The van der Waals surface area contributed by atoms with E-state index in [1.165, 1.54) is 29.9 Å². The molecular formula is C12H17N3O3. The van der Waals surface area contributed by atoms with Gasteiger partial charge in [-0.05, 0) is 12.5 Å². The van der Waals surface area contributed by atoms with Crippen molar-refractivity contribution in [1.82, 2.24) is 15.2 Å². The van der Waals surface area contributed by atoms with Crippen molar-refractivity contribution in [2.24, 2.45) is 0 Å². The molecule has 1 aromatic rings. The van der Waals surface area contributed by atoms with Crippen molar-refractivity contribution in [3.63, 3.8) is 0 Å². The highest BCUT2D eigenvalue weighted by Gasteiger charge is 2.08. The summed E-state index contributed by atoms with van der Waals surface area (Å²) in [6.07, 6.45) is 2.21. The lowest BCUT2D eigenvalue weighted by Crippen LogP contribution is -2.33. The predicted molar refractivity (Wildman–Crippen MR) is 67.4 cm³/mol. The Bertz CT molecular complexity index is 494. The minimum atomic E-state index is -0.311. The maximum absolute atomic E-state index is 11.5. The van der Waals surface area contributed by atoms with Crippen molar-refractivity contribution in [2.75, 3.05) is 13.6 Å². The fourth-order valence-electron chi connectivity index (χ4n) is 1.41. The number of aromatic nitrogens is 1. The average molecular weight is 251 g/mol. The summed E-state index contributed by atoms with van der Waals surface area (Å²) in [7, 11) is 1.51. The lowest BCUT2D eigenvalue weighted by Gasteiger charge is -2.08. The van der Waals surface area contributed by atoms with Crippen LogP contribution in [-0.4, -0.2) is 30.0 Å². The first-order chi connectivity index (χ1) is 8.58. The molecule has 0 aliphatic rings. The van der Waals surface area contributed by atoms with Gasteiger partial charge in [0.25, 0.3) is 11.5 Å². The SMILES string of the molecule is CCCNC(=O)Cn1cc(C(=O)NC)ccc1=O. The molecule has 18 heavy (non-hydrogen) atoms. The Kier molecular flexibility index (Phi) is 5.10. The largest absolute Gasteiger partial charge is 0.355 e. The number of nitrogens with zero attached hydrogens (tertiary/aromatic N) is 1. The van der Waals surface area contributed by atoms with Crippen molar-refractivity contribution in [3.8, 4) is 0 Å². The number of hydrogen-bond donors (Lipinski definition) is 2. The van der Waals surface area contributed by atoms with Gasteiger partial charge in [0.15, 0.2) is 0 Å². The molecule has 1 aromatic heterocycles. The van der Waals surface area contributed by atoms with Crippen molar-refractivity contribution in [2.45, 2.75) is 19.9 Å². The van der Waals surface area contributed by atoms with E-state index in [1.54, 1.807) is 0 Å². The second kappa shape index (κ2) is 6.58. The van der Waals surface area contributed by atoms with Crippen LogP contribution < -0.4 is 16.2 Å². The molecule has 98 valence electrons. The van der Waals surface area contributed by atoms with E-state index in [4.69, 9.17) is 0 Å². The van der Waals surface area contributed by atoms with E-state index in [-0.39, 0.29) is 23.9 Å². The van der Waals surface area contributed by atoms with Crippen molar-refractivity contribution in [1.29, 1.82) is 0 Å². The topological polar surface area (TPSA) is 80.2 Å². The Hall–Kier alpha value is -2.11. The smallest absolute Gasteiger partial charge is 0.252 e. The third-order valence-corrected chi connectivity index (χ3v) is 2.36. The zero-order valence-corrected chi connectivity index (χ0v) is 10.5. The van der Waals surface area contributed by atoms with E-state index in [0.29, 0.717) is 12.1 Å². The minimum absolute atomic E-state index is 0.0797. The molecule has 1 rings (SSSR count). The normalized spacial score (nSPS) is 9.89. The molecule has 6 heteroatoms. The van der Waals surface area contributed by atoms with Gasteiger partial charge in [0.2, 0.25) is 5.91 Å². The van der Waals surface area contributed by atoms with Gasteiger partial charge in [-0.3, -0.25) is 14.4 Å². The first-order valence-corrected chi connectivity index (χ1v) is 5.77. The summed E-state index contributed by atoms with van der Waals surface area (Å²) in [6, 6.07) is 2.71. The van der Waals surface area contributed by atoms with Gasteiger partial charge in [0.05, 0.1) is 5.56 Å². The number of nitrogens with one attached hydrogen (secondary N) is 2. The van der Waals surface area contributed by atoms with Crippen LogP contribution >= 0.6 is 0 Å². The molecule has 0 fully saturated rings. The highest BCUT2D eigenvalue weighted by molar-refractivity contribution is 5.93. The molecule has 0 saturated carbocycles. The Morgan fingerprint density at radius 3 is 2.67 bits per heavy atom. The van der Waals surface area contributed by atoms with Gasteiger partial charge in [0.1, 0.15) is 6.54 Å². The van der Waals surface area contributed by atoms with Gasteiger partial charge in [-0.15, -0.1) is 0 Å². The third kappa shape index (κ3) is 3.73. The van der Waals surface area contributed by atoms with Crippen LogP contribution in [0.2, 0.25) is 0 Å². The molecule has 0 aliphatic heterocycles. The highest BCUT2D eigenvalue weighted by Crippen LogP contribution is 1.95. The number of amides is 2. The van der Waals surface area contributed by atoms with Crippen molar-refractivity contribution >= 4 is 11.8 Å². The maximum Gasteiger partial charge on any atom is 0.252 e. The van der Waals surface area contributed by atoms with Crippen LogP contribution in [0.4, 0.5) is 0 Å². The van der Waals surface area contributed by atoms with E-state index in [1.807, 2.05) is 6.92 Å². The van der Waals surface area contributed by atoms with Crippen LogP contribution in [0.15, 0.2) is 23.1 Å². The van der Waals surface area contributed by atoms with E-state index in [0.717, 1.165) is 6.42 Å². The van der Waals surface area contributed by atoms with Crippen LogP contribution in [0.5, 0.6) is 0 Å². The standard InChI is InChI=1S/C12H17N3O3/c1-3-6-14-10(16)8-15-7-9(12(18)13-2)4-5-11(15)17/h4-5,7H,3,6,8H2,1-2H3,(H,13,18)(H,14,16). The summed E-state index contributed by atoms with van der Waals surface area (Å²) in [5.41, 5.74) is 0.0368. The van der Waals surface area contributed by atoms with Gasteiger partial charge in [-0.2, -0.15) is 0 Å². The van der Waals surface area contributed by atoms with E-state index in [9.17, 15) is 14.4 Å². The monoisotopic (exact) mass is 251 g/mol. The number of carbonyl (C=O) groups is 2. The van der Waals surface area contributed by atoms with E-state index in [2.05, 4.69) is 10.6 Å². The second-order valence-electron chi connectivity index (χ2n) is 3.81. The van der Waals surface area contributed by atoms with Gasteiger partial charge in [-0.1, -0.05) is 6.92 Å². The van der Waals surface area contributed by atoms with Crippen LogP contribution in [0.3, 0.4) is 0 Å². The Morgan fingerprint density at radius 1 is 1.33 bits per heavy atom. The molecule has 2 N–H and O–H groups in total. The molecule has 1 heterocycles. The highest BCUT2D eigenvalue weighted by atomic mass is 16.2. The van der Waals surface area contributed by atoms with Gasteiger partial charge in [0, 0.05) is 25.9 Å². The first kappa shape index (κ1) is 14.0. The van der Waals surface area contributed by atoms with Crippen LogP contribution in [-0.2, 0) is 11.3 Å². The Balaban J connectivity index is 2.84. The predicted octanol–water partition coefficient (Wildman–Crippen LogP) is -0.266.